The van der Waals surface area contributed by atoms with Gasteiger partial charge in [0.15, 0.2) is 0 Å². The summed E-state index contributed by atoms with van der Waals surface area (Å²) < 4.78 is 12.4. The number of morpholine rings is 1. The first-order valence-corrected chi connectivity index (χ1v) is 6.78. The third-order valence-electron chi connectivity index (χ3n) is 3.02. The van der Waals surface area contributed by atoms with Gasteiger partial charge in [-0.1, -0.05) is 6.92 Å². The van der Waals surface area contributed by atoms with E-state index in [2.05, 4.69) is 40.1 Å². The second-order valence-corrected chi connectivity index (χ2v) is 5.19. The molecule has 1 N–H and O–H groups in total. The average molecular weight is 303 g/mol. The van der Waals surface area contributed by atoms with Gasteiger partial charge in [0.25, 0.3) is 0 Å². The van der Waals surface area contributed by atoms with Crippen molar-refractivity contribution in [3.8, 4) is 0 Å². The number of likely N-dealkylation sites (N-methyl/N-ethyl adjacent to an activating group) is 2. The Kier molecular flexibility index (Phi) is 4.62. The van der Waals surface area contributed by atoms with Crippen LogP contribution in [0.3, 0.4) is 0 Å². The van der Waals surface area contributed by atoms with Crippen LogP contribution in [0.5, 0.6) is 0 Å². The molecule has 1 saturated heterocycles. The van der Waals surface area contributed by atoms with Crippen LogP contribution < -0.4 is 5.32 Å². The predicted molar refractivity (Wildman–Crippen MR) is 70.1 cm³/mol. The van der Waals surface area contributed by atoms with Gasteiger partial charge in [0, 0.05) is 13.1 Å². The van der Waals surface area contributed by atoms with Gasteiger partial charge in [-0.3, -0.25) is 0 Å². The van der Waals surface area contributed by atoms with E-state index in [1.165, 1.54) is 0 Å². The van der Waals surface area contributed by atoms with Crippen molar-refractivity contribution < 1.29 is 9.15 Å². The number of furan rings is 1. The van der Waals surface area contributed by atoms with Gasteiger partial charge >= 0.3 is 0 Å². The first kappa shape index (κ1) is 13.1. The minimum Gasteiger partial charge on any atom is -0.466 e. The van der Waals surface area contributed by atoms with Gasteiger partial charge in [-0.2, -0.15) is 0 Å². The number of nitrogens with zero attached hydrogens (tertiary/aromatic N) is 1. The van der Waals surface area contributed by atoms with Gasteiger partial charge in [-0.15, -0.1) is 0 Å². The molecule has 0 bridgehead atoms. The summed E-state index contributed by atoms with van der Waals surface area (Å²) in [7, 11) is 2.12. The molecule has 0 aromatic carbocycles. The van der Waals surface area contributed by atoms with E-state index in [0.717, 1.165) is 36.5 Å². The minimum atomic E-state index is 0.104. The molecule has 17 heavy (non-hydrogen) atoms. The normalized spacial score (nSPS) is 23.8. The molecule has 0 saturated carbocycles. The van der Waals surface area contributed by atoms with E-state index in [1.54, 1.807) is 6.26 Å². The summed E-state index contributed by atoms with van der Waals surface area (Å²) in [6, 6.07) is 2.03. The van der Waals surface area contributed by atoms with Crippen LogP contribution in [0.4, 0.5) is 0 Å². The zero-order valence-electron chi connectivity index (χ0n) is 10.3. The SMILES string of the molecule is CCNC(c1occc1Br)C1CN(C)CCO1. The fraction of sp³-hybridized carbons (Fsp3) is 0.667. The number of halogens is 1. The van der Waals surface area contributed by atoms with Gasteiger partial charge in [-0.05, 0) is 35.6 Å². The molecular weight excluding hydrogens is 284 g/mol. The molecule has 5 heteroatoms. The van der Waals surface area contributed by atoms with Crippen LogP contribution in [-0.2, 0) is 4.74 Å². The number of hydrogen-bond donors (Lipinski definition) is 1. The highest BCUT2D eigenvalue weighted by molar-refractivity contribution is 9.10. The molecule has 2 heterocycles. The topological polar surface area (TPSA) is 37.6 Å². The fourth-order valence-electron chi connectivity index (χ4n) is 2.15. The van der Waals surface area contributed by atoms with E-state index in [-0.39, 0.29) is 12.1 Å². The molecule has 4 nitrogen and oxygen atoms in total. The largest absolute Gasteiger partial charge is 0.466 e. The molecule has 0 amide bonds. The average Bonchev–Trinajstić information content (AvgIpc) is 2.72. The quantitative estimate of drug-likeness (QED) is 0.923. The maximum Gasteiger partial charge on any atom is 0.137 e. The molecule has 2 unspecified atom stereocenters. The predicted octanol–water partition coefficient (Wildman–Crippen LogP) is 2.02. The molecule has 1 aromatic rings. The molecule has 1 fully saturated rings. The second-order valence-electron chi connectivity index (χ2n) is 4.34. The van der Waals surface area contributed by atoms with Gasteiger partial charge in [0.2, 0.25) is 0 Å². The third-order valence-corrected chi connectivity index (χ3v) is 3.67. The Labute approximate surface area is 110 Å². The Bertz CT molecular complexity index is 356. The van der Waals surface area contributed by atoms with Crippen LogP contribution in [0.15, 0.2) is 21.2 Å². The van der Waals surface area contributed by atoms with Crippen LogP contribution in [0, 0.1) is 0 Å². The molecule has 1 aliphatic heterocycles. The molecule has 1 aromatic heterocycles. The number of ether oxygens (including phenoxy) is 1. The number of nitrogens with one attached hydrogen (secondary N) is 1. The Morgan fingerprint density at radius 1 is 1.65 bits per heavy atom. The van der Waals surface area contributed by atoms with Crippen LogP contribution in [-0.4, -0.2) is 44.3 Å². The highest BCUT2D eigenvalue weighted by Gasteiger charge is 2.30. The van der Waals surface area contributed by atoms with E-state index in [4.69, 9.17) is 9.15 Å². The Morgan fingerprint density at radius 3 is 3.06 bits per heavy atom. The first-order chi connectivity index (χ1) is 8.22. The second kappa shape index (κ2) is 6.00. The van der Waals surface area contributed by atoms with Crippen LogP contribution in [0.2, 0.25) is 0 Å². The highest BCUT2D eigenvalue weighted by Crippen LogP contribution is 2.29. The van der Waals surface area contributed by atoms with E-state index < -0.39 is 0 Å². The van der Waals surface area contributed by atoms with E-state index in [9.17, 15) is 0 Å². The summed E-state index contributed by atoms with van der Waals surface area (Å²) in [6.07, 6.45) is 1.84. The lowest BCUT2D eigenvalue weighted by Crippen LogP contribution is -2.46. The van der Waals surface area contributed by atoms with Crippen molar-refractivity contribution in [3.63, 3.8) is 0 Å². The molecule has 96 valence electrons. The van der Waals surface area contributed by atoms with Crippen LogP contribution in [0.25, 0.3) is 0 Å². The molecule has 0 spiro atoms. The lowest BCUT2D eigenvalue weighted by Gasteiger charge is -2.34. The van der Waals surface area contributed by atoms with Crippen molar-refractivity contribution in [2.45, 2.75) is 19.1 Å². The van der Waals surface area contributed by atoms with Gasteiger partial charge < -0.3 is 19.4 Å². The van der Waals surface area contributed by atoms with Crippen LogP contribution in [0.1, 0.15) is 18.7 Å². The summed E-state index contributed by atoms with van der Waals surface area (Å²) in [6.45, 7) is 5.68. The Balaban J connectivity index is 2.14. The minimum absolute atomic E-state index is 0.104. The molecule has 2 atom stereocenters. The molecule has 1 aliphatic rings. The van der Waals surface area contributed by atoms with E-state index >= 15 is 0 Å². The van der Waals surface area contributed by atoms with Crippen molar-refractivity contribution in [2.75, 3.05) is 33.3 Å². The van der Waals surface area contributed by atoms with Crippen molar-refractivity contribution in [2.24, 2.45) is 0 Å². The summed E-state index contributed by atoms with van der Waals surface area (Å²) in [5, 5.41) is 3.44. The highest BCUT2D eigenvalue weighted by atomic mass is 79.9. The first-order valence-electron chi connectivity index (χ1n) is 5.98. The maximum atomic E-state index is 5.86. The van der Waals surface area contributed by atoms with Crippen molar-refractivity contribution in [3.05, 3.63) is 22.6 Å². The zero-order valence-corrected chi connectivity index (χ0v) is 11.9. The fourth-order valence-corrected chi connectivity index (χ4v) is 2.60. The summed E-state index contributed by atoms with van der Waals surface area (Å²) >= 11 is 3.52. The third kappa shape index (κ3) is 3.10. The van der Waals surface area contributed by atoms with Gasteiger partial charge in [0.1, 0.15) is 5.76 Å². The number of rotatable bonds is 4. The smallest absolute Gasteiger partial charge is 0.137 e. The summed E-state index contributed by atoms with van der Waals surface area (Å²) in [4.78, 5) is 2.29. The van der Waals surface area contributed by atoms with Crippen molar-refractivity contribution in [1.29, 1.82) is 0 Å². The van der Waals surface area contributed by atoms with E-state index in [1.807, 2.05) is 6.07 Å². The van der Waals surface area contributed by atoms with Crippen LogP contribution >= 0.6 is 15.9 Å². The molecule has 0 aliphatic carbocycles. The zero-order chi connectivity index (χ0) is 12.3. The molecule has 2 rings (SSSR count). The number of hydrogen-bond acceptors (Lipinski definition) is 4. The van der Waals surface area contributed by atoms with Gasteiger partial charge in [-0.25, -0.2) is 0 Å². The molecule has 0 radical (unpaired) electrons. The van der Waals surface area contributed by atoms with Gasteiger partial charge in [0.05, 0.1) is 29.5 Å². The Hall–Kier alpha value is -0.360. The maximum absolute atomic E-state index is 5.86. The summed E-state index contributed by atoms with van der Waals surface area (Å²) in [5.41, 5.74) is 0. The summed E-state index contributed by atoms with van der Waals surface area (Å²) in [5.74, 6) is 0.923. The lowest BCUT2D eigenvalue weighted by atomic mass is 10.1. The molecular formula is C12H19BrN2O2. The van der Waals surface area contributed by atoms with Crippen molar-refractivity contribution >= 4 is 15.9 Å². The Morgan fingerprint density at radius 2 is 2.47 bits per heavy atom. The standard InChI is InChI=1S/C12H19BrN2O2/c1-3-14-11(12-9(13)4-6-17-12)10-8-15(2)5-7-16-10/h4,6,10-11,14H,3,5,7-8H2,1-2H3. The monoisotopic (exact) mass is 302 g/mol. The van der Waals surface area contributed by atoms with Crippen molar-refractivity contribution in [1.82, 2.24) is 10.2 Å². The van der Waals surface area contributed by atoms with E-state index in [0.29, 0.717) is 0 Å². The lowest BCUT2D eigenvalue weighted by molar-refractivity contribution is -0.0426.